The number of allylic oxidation sites excluding steroid dienone is 2. The Morgan fingerprint density at radius 1 is 1.23 bits per heavy atom. The van der Waals surface area contributed by atoms with Crippen molar-refractivity contribution in [3.05, 3.63) is 24.3 Å². The molecule has 2 atom stereocenters. The molecule has 0 spiro atoms. The van der Waals surface area contributed by atoms with Crippen molar-refractivity contribution in [2.75, 3.05) is 6.61 Å². The minimum absolute atomic E-state index is 0.227. The molecule has 2 unspecified atom stereocenters. The number of hydrogen-bond acceptors (Lipinski definition) is 2. The monoisotopic (exact) mass is 178 g/mol. The lowest BCUT2D eigenvalue weighted by Gasteiger charge is -1.96. The molecule has 3 aliphatic rings. The summed E-state index contributed by atoms with van der Waals surface area (Å²) in [4.78, 5) is 9.93. The molecule has 1 fully saturated rings. The summed E-state index contributed by atoms with van der Waals surface area (Å²) in [5.41, 5.74) is 0. The molecule has 13 heavy (non-hydrogen) atoms. The van der Waals surface area contributed by atoms with Crippen molar-refractivity contribution in [1.29, 1.82) is 0 Å². The Kier molecular flexibility index (Phi) is 2.48. The lowest BCUT2D eigenvalue weighted by molar-refractivity contribution is -0.134. The average Bonchev–Trinajstić information content (AvgIpc) is 2.80. The van der Waals surface area contributed by atoms with Crippen LogP contribution in [-0.2, 0) is 9.53 Å². The predicted octanol–water partition coefficient (Wildman–Crippen LogP) is 2.07. The maximum atomic E-state index is 9.93. The third kappa shape index (κ3) is 2.20. The van der Waals surface area contributed by atoms with Gasteiger partial charge in [-0.15, -0.1) is 0 Å². The minimum atomic E-state index is -0.227. The normalized spacial score (nSPS) is 33.1. The molecule has 0 aromatic heterocycles. The molecule has 0 radical (unpaired) electrons. The van der Waals surface area contributed by atoms with Gasteiger partial charge in [-0.2, -0.15) is 0 Å². The molecule has 3 rings (SSSR count). The Hall–Kier alpha value is -1.05. The Balaban J connectivity index is 0.000000102. The van der Waals surface area contributed by atoms with Gasteiger partial charge in [0.25, 0.3) is 0 Å². The highest BCUT2D eigenvalue weighted by Gasteiger charge is 2.25. The summed E-state index contributed by atoms with van der Waals surface area (Å²) < 4.78 is 4.40. The third-order valence-corrected chi connectivity index (χ3v) is 2.74. The van der Waals surface area contributed by atoms with E-state index in [1.54, 1.807) is 6.08 Å². The number of carbonyl (C=O) groups is 1. The largest absolute Gasteiger partial charge is 0.458 e. The molecular weight excluding hydrogens is 164 g/mol. The lowest BCUT2D eigenvalue weighted by atomic mass is 10.1. The van der Waals surface area contributed by atoms with Crippen molar-refractivity contribution in [2.45, 2.75) is 19.3 Å². The molecule has 1 heterocycles. The Labute approximate surface area is 78.3 Å². The fraction of sp³-hybridized carbons (Fsp3) is 0.545. The minimum Gasteiger partial charge on any atom is -0.458 e. The SMILES string of the molecule is C1=CC2CCC1C2.O=C1C=CCO1. The highest BCUT2D eigenvalue weighted by molar-refractivity contribution is 5.83. The summed E-state index contributed by atoms with van der Waals surface area (Å²) in [6.07, 6.45) is 12.3. The van der Waals surface area contributed by atoms with Crippen LogP contribution in [0.4, 0.5) is 0 Å². The number of ether oxygens (including phenoxy) is 1. The third-order valence-electron chi connectivity index (χ3n) is 2.74. The quantitative estimate of drug-likeness (QED) is 0.419. The topological polar surface area (TPSA) is 26.3 Å². The van der Waals surface area contributed by atoms with Crippen molar-refractivity contribution >= 4 is 5.97 Å². The van der Waals surface area contributed by atoms with E-state index in [1.807, 2.05) is 0 Å². The van der Waals surface area contributed by atoms with E-state index in [4.69, 9.17) is 0 Å². The lowest BCUT2D eigenvalue weighted by Crippen LogP contribution is -1.89. The van der Waals surface area contributed by atoms with Crippen molar-refractivity contribution in [2.24, 2.45) is 11.8 Å². The number of esters is 1. The van der Waals surface area contributed by atoms with Crippen LogP contribution in [0.2, 0.25) is 0 Å². The van der Waals surface area contributed by atoms with Crippen LogP contribution in [0.1, 0.15) is 19.3 Å². The van der Waals surface area contributed by atoms with Gasteiger partial charge in [-0.05, 0) is 37.2 Å². The van der Waals surface area contributed by atoms with Crippen LogP contribution in [0.25, 0.3) is 0 Å². The predicted molar refractivity (Wildman–Crippen MR) is 50.1 cm³/mol. The van der Waals surface area contributed by atoms with E-state index in [0.717, 1.165) is 11.8 Å². The first kappa shape index (κ1) is 8.54. The van der Waals surface area contributed by atoms with Gasteiger partial charge in [0.15, 0.2) is 0 Å². The van der Waals surface area contributed by atoms with Crippen LogP contribution in [0, 0.1) is 11.8 Å². The molecule has 2 heteroatoms. The van der Waals surface area contributed by atoms with Gasteiger partial charge in [0, 0.05) is 6.08 Å². The molecule has 1 saturated carbocycles. The summed E-state index contributed by atoms with van der Waals surface area (Å²) in [6, 6.07) is 0. The zero-order chi connectivity index (χ0) is 9.10. The molecular formula is C11H14O2. The van der Waals surface area contributed by atoms with E-state index in [0.29, 0.717) is 6.61 Å². The summed E-state index contributed by atoms with van der Waals surface area (Å²) in [7, 11) is 0. The number of cyclic esters (lactones) is 1. The van der Waals surface area contributed by atoms with Gasteiger partial charge in [-0.3, -0.25) is 0 Å². The highest BCUT2D eigenvalue weighted by atomic mass is 16.5. The van der Waals surface area contributed by atoms with Crippen molar-refractivity contribution < 1.29 is 9.53 Å². The summed E-state index contributed by atoms with van der Waals surface area (Å²) in [6.45, 7) is 0.457. The van der Waals surface area contributed by atoms with Gasteiger partial charge in [0.2, 0.25) is 0 Å². The Bertz CT molecular complexity index is 241. The first-order valence-electron chi connectivity index (χ1n) is 4.86. The van der Waals surface area contributed by atoms with Crippen LogP contribution >= 0.6 is 0 Å². The van der Waals surface area contributed by atoms with Gasteiger partial charge in [-0.1, -0.05) is 12.2 Å². The first-order valence-corrected chi connectivity index (χ1v) is 4.86. The molecule has 70 valence electrons. The second-order valence-electron chi connectivity index (χ2n) is 3.75. The second kappa shape index (κ2) is 3.77. The molecule has 0 aromatic carbocycles. The van der Waals surface area contributed by atoms with Crippen LogP contribution in [0.15, 0.2) is 24.3 Å². The average molecular weight is 178 g/mol. The van der Waals surface area contributed by atoms with Gasteiger partial charge in [0.05, 0.1) is 0 Å². The zero-order valence-electron chi connectivity index (χ0n) is 7.61. The maximum absolute atomic E-state index is 9.93. The number of rotatable bonds is 0. The van der Waals surface area contributed by atoms with Crippen LogP contribution < -0.4 is 0 Å². The first-order chi connectivity index (χ1) is 6.34. The van der Waals surface area contributed by atoms with Crippen molar-refractivity contribution in [3.63, 3.8) is 0 Å². The standard InChI is InChI=1S/C7H10.C4H4O2/c1-2-7-4-3-6(1)5-7;5-4-2-1-3-6-4/h1-2,6-7H,3-5H2;1-2H,3H2. The molecule has 1 aliphatic heterocycles. The van der Waals surface area contributed by atoms with E-state index < -0.39 is 0 Å². The molecule has 2 nitrogen and oxygen atoms in total. The highest BCUT2D eigenvalue weighted by Crippen LogP contribution is 2.38. The summed E-state index contributed by atoms with van der Waals surface area (Å²) in [5.74, 6) is 1.75. The van der Waals surface area contributed by atoms with E-state index in [9.17, 15) is 4.79 Å². The number of carbonyl (C=O) groups excluding carboxylic acids is 1. The van der Waals surface area contributed by atoms with Crippen molar-refractivity contribution in [3.8, 4) is 0 Å². The van der Waals surface area contributed by atoms with E-state index in [2.05, 4.69) is 16.9 Å². The molecule has 2 aliphatic carbocycles. The Morgan fingerprint density at radius 2 is 1.92 bits per heavy atom. The molecule has 0 N–H and O–H groups in total. The van der Waals surface area contributed by atoms with Crippen LogP contribution in [0.5, 0.6) is 0 Å². The summed E-state index contributed by atoms with van der Waals surface area (Å²) in [5, 5.41) is 0. The fourth-order valence-corrected chi connectivity index (χ4v) is 2.04. The van der Waals surface area contributed by atoms with Gasteiger partial charge in [0.1, 0.15) is 6.61 Å². The number of fused-ring (bicyclic) bond motifs is 2. The second-order valence-corrected chi connectivity index (χ2v) is 3.75. The molecule has 0 amide bonds. The van der Waals surface area contributed by atoms with E-state index >= 15 is 0 Å². The van der Waals surface area contributed by atoms with Crippen LogP contribution in [0.3, 0.4) is 0 Å². The fourth-order valence-electron chi connectivity index (χ4n) is 2.04. The smallest absolute Gasteiger partial charge is 0.330 e. The van der Waals surface area contributed by atoms with E-state index in [1.165, 1.54) is 25.3 Å². The molecule has 2 bridgehead atoms. The van der Waals surface area contributed by atoms with E-state index in [-0.39, 0.29) is 5.97 Å². The van der Waals surface area contributed by atoms with Crippen molar-refractivity contribution in [1.82, 2.24) is 0 Å². The number of hydrogen-bond donors (Lipinski definition) is 0. The van der Waals surface area contributed by atoms with Gasteiger partial charge >= 0.3 is 5.97 Å². The Morgan fingerprint density at radius 3 is 2.08 bits per heavy atom. The summed E-state index contributed by atoms with van der Waals surface area (Å²) >= 11 is 0. The molecule has 0 aromatic rings. The zero-order valence-corrected chi connectivity index (χ0v) is 7.61. The maximum Gasteiger partial charge on any atom is 0.330 e. The molecule has 0 saturated heterocycles. The van der Waals surface area contributed by atoms with Crippen LogP contribution in [-0.4, -0.2) is 12.6 Å². The van der Waals surface area contributed by atoms with Gasteiger partial charge in [-0.25, -0.2) is 4.79 Å². The van der Waals surface area contributed by atoms with Gasteiger partial charge < -0.3 is 4.74 Å².